The Kier molecular flexibility index (Phi) is 5.02. The molecule has 1 N–H and O–H groups in total. The number of nitrogens with zero attached hydrogens (tertiary/aromatic N) is 1. The third-order valence-corrected chi connectivity index (χ3v) is 3.14. The van der Waals surface area contributed by atoms with E-state index in [1.165, 1.54) is 32.1 Å². The van der Waals surface area contributed by atoms with Crippen LogP contribution in [-0.4, -0.2) is 35.4 Å². The van der Waals surface area contributed by atoms with Gasteiger partial charge in [-0.1, -0.05) is 31.5 Å². The van der Waals surface area contributed by atoms with Crippen molar-refractivity contribution >= 4 is 23.1 Å². The van der Waals surface area contributed by atoms with Crippen LogP contribution in [0.4, 0.5) is 0 Å². The molecule has 0 bridgehead atoms. The molecule has 0 aromatic rings. The van der Waals surface area contributed by atoms with Crippen molar-refractivity contribution in [1.82, 2.24) is 10.2 Å². The van der Waals surface area contributed by atoms with E-state index in [1.807, 2.05) is 0 Å². The van der Waals surface area contributed by atoms with E-state index < -0.39 is 0 Å². The smallest absolute Gasteiger partial charge is 0.219 e. The van der Waals surface area contributed by atoms with Crippen molar-refractivity contribution < 1.29 is 4.79 Å². The van der Waals surface area contributed by atoms with Gasteiger partial charge in [0.25, 0.3) is 0 Å². The molecular weight excluding hydrogens is 208 g/mol. The third-order valence-electron chi connectivity index (χ3n) is 2.89. The van der Waals surface area contributed by atoms with Crippen molar-refractivity contribution in [3.05, 3.63) is 0 Å². The van der Waals surface area contributed by atoms with Gasteiger partial charge in [0, 0.05) is 20.0 Å². The van der Waals surface area contributed by atoms with E-state index >= 15 is 0 Å². The molecule has 0 saturated heterocycles. The predicted molar refractivity (Wildman–Crippen MR) is 65.9 cm³/mol. The summed E-state index contributed by atoms with van der Waals surface area (Å²) in [5.74, 6) is 0.0581. The van der Waals surface area contributed by atoms with Crippen LogP contribution >= 0.6 is 12.2 Å². The first kappa shape index (κ1) is 12.4. The van der Waals surface area contributed by atoms with Crippen LogP contribution in [0, 0.1) is 0 Å². The van der Waals surface area contributed by atoms with E-state index in [0.29, 0.717) is 12.6 Å². The molecule has 0 radical (unpaired) electrons. The highest BCUT2D eigenvalue weighted by molar-refractivity contribution is 7.80. The van der Waals surface area contributed by atoms with Gasteiger partial charge in [-0.15, -0.1) is 0 Å². The van der Waals surface area contributed by atoms with Crippen LogP contribution in [0.25, 0.3) is 0 Å². The molecule has 1 fully saturated rings. The number of nitrogens with one attached hydrogen (secondary N) is 1. The normalized spacial score (nSPS) is 17.2. The quantitative estimate of drug-likeness (QED) is 0.746. The molecule has 1 saturated carbocycles. The van der Waals surface area contributed by atoms with Crippen LogP contribution < -0.4 is 5.32 Å². The van der Waals surface area contributed by atoms with Crippen molar-refractivity contribution in [2.45, 2.75) is 45.1 Å². The molecule has 0 heterocycles. The van der Waals surface area contributed by atoms with E-state index in [2.05, 4.69) is 5.32 Å². The second-order valence-corrected chi connectivity index (χ2v) is 4.77. The summed E-state index contributed by atoms with van der Waals surface area (Å²) in [6.45, 7) is 2.10. The number of carbonyl (C=O) groups excluding carboxylic acids is 1. The Bertz CT molecular complexity index is 237. The first-order valence-electron chi connectivity index (χ1n) is 5.60. The summed E-state index contributed by atoms with van der Waals surface area (Å²) in [5.41, 5.74) is 0. The zero-order valence-electron chi connectivity index (χ0n) is 9.58. The Labute approximate surface area is 97.2 Å². The Morgan fingerprint density at radius 3 is 2.53 bits per heavy atom. The number of hydrogen-bond acceptors (Lipinski definition) is 2. The fraction of sp³-hybridized carbons (Fsp3) is 0.818. The van der Waals surface area contributed by atoms with Gasteiger partial charge >= 0.3 is 0 Å². The molecule has 0 aliphatic heterocycles. The minimum Gasteiger partial charge on any atom is -0.375 e. The number of amides is 1. The van der Waals surface area contributed by atoms with Crippen LogP contribution in [0.3, 0.4) is 0 Å². The average molecular weight is 228 g/mol. The van der Waals surface area contributed by atoms with Crippen LogP contribution in [0.2, 0.25) is 0 Å². The molecule has 4 heteroatoms. The highest BCUT2D eigenvalue weighted by Crippen LogP contribution is 2.17. The Morgan fingerprint density at radius 2 is 2.00 bits per heavy atom. The predicted octanol–water partition coefficient (Wildman–Crippen LogP) is 1.71. The summed E-state index contributed by atoms with van der Waals surface area (Å²) in [4.78, 5) is 13.4. The van der Waals surface area contributed by atoms with Gasteiger partial charge in [0.1, 0.15) is 0 Å². The number of rotatable bonds is 3. The summed E-state index contributed by atoms with van der Waals surface area (Å²) < 4.78 is 0. The second-order valence-electron chi connectivity index (χ2n) is 4.28. The third kappa shape index (κ3) is 4.60. The monoisotopic (exact) mass is 228 g/mol. The van der Waals surface area contributed by atoms with Gasteiger partial charge in [-0.25, -0.2) is 0 Å². The van der Waals surface area contributed by atoms with Gasteiger partial charge in [-0.3, -0.25) is 4.79 Å². The van der Waals surface area contributed by atoms with Crippen LogP contribution in [0.15, 0.2) is 0 Å². The highest BCUT2D eigenvalue weighted by atomic mass is 32.1. The van der Waals surface area contributed by atoms with Gasteiger partial charge < -0.3 is 10.2 Å². The molecule has 1 aliphatic rings. The van der Waals surface area contributed by atoms with E-state index in [4.69, 9.17) is 12.2 Å². The maximum absolute atomic E-state index is 11.0. The van der Waals surface area contributed by atoms with E-state index in [0.717, 1.165) is 4.99 Å². The Balaban J connectivity index is 2.25. The fourth-order valence-electron chi connectivity index (χ4n) is 1.85. The maximum atomic E-state index is 11.0. The van der Waals surface area contributed by atoms with Crippen molar-refractivity contribution in [3.63, 3.8) is 0 Å². The molecule has 15 heavy (non-hydrogen) atoms. The number of likely N-dealkylation sites (N-methyl/N-ethyl adjacent to an activating group) is 1. The summed E-state index contributed by atoms with van der Waals surface area (Å²) in [5, 5.41) is 3.34. The Morgan fingerprint density at radius 1 is 1.40 bits per heavy atom. The van der Waals surface area contributed by atoms with Crippen LogP contribution in [-0.2, 0) is 4.79 Å². The van der Waals surface area contributed by atoms with Crippen molar-refractivity contribution in [1.29, 1.82) is 0 Å². The molecule has 3 nitrogen and oxygen atoms in total. The zero-order valence-corrected chi connectivity index (χ0v) is 10.4. The largest absolute Gasteiger partial charge is 0.375 e. The topological polar surface area (TPSA) is 32.3 Å². The van der Waals surface area contributed by atoms with Gasteiger partial charge in [0.05, 0.1) is 11.5 Å². The first-order chi connectivity index (χ1) is 7.09. The lowest BCUT2D eigenvalue weighted by atomic mass is 9.95. The molecule has 1 aliphatic carbocycles. The van der Waals surface area contributed by atoms with E-state index in [1.54, 1.807) is 18.9 Å². The summed E-state index contributed by atoms with van der Waals surface area (Å²) in [6.07, 6.45) is 6.36. The average Bonchev–Trinajstić information content (AvgIpc) is 2.18. The molecule has 86 valence electrons. The van der Waals surface area contributed by atoms with Crippen molar-refractivity contribution in [3.8, 4) is 0 Å². The zero-order chi connectivity index (χ0) is 11.3. The lowest BCUT2D eigenvalue weighted by molar-refractivity contribution is -0.126. The second kappa shape index (κ2) is 6.05. The van der Waals surface area contributed by atoms with Crippen LogP contribution in [0.1, 0.15) is 39.0 Å². The minimum atomic E-state index is 0.0581. The maximum Gasteiger partial charge on any atom is 0.219 e. The SMILES string of the molecule is CC(=O)N(C)CC(=S)NC1CCCCC1. The standard InChI is InChI=1S/C11H20N2OS/c1-9(14)13(2)8-11(15)12-10-6-4-3-5-7-10/h10H,3-8H2,1-2H3,(H,12,15). The van der Waals surface area contributed by atoms with Gasteiger partial charge in [-0.2, -0.15) is 0 Å². The van der Waals surface area contributed by atoms with Gasteiger partial charge in [0.15, 0.2) is 0 Å². The van der Waals surface area contributed by atoms with Gasteiger partial charge in [-0.05, 0) is 12.8 Å². The molecule has 0 spiro atoms. The summed E-state index contributed by atoms with van der Waals surface area (Å²) in [6, 6.07) is 0.534. The fourth-order valence-corrected chi connectivity index (χ4v) is 2.21. The first-order valence-corrected chi connectivity index (χ1v) is 6.01. The molecular formula is C11H20N2OS. The number of carbonyl (C=O) groups is 1. The molecule has 0 atom stereocenters. The summed E-state index contributed by atoms with van der Waals surface area (Å²) >= 11 is 5.23. The van der Waals surface area contributed by atoms with E-state index in [-0.39, 0.29) is 5.91 Å². The molecule has 0 aromatic heterocycles. The molecule has 1 amide bonds. The number of hydrogen-bond donors (Lipinski definition) is 1. The highest BCUT2D eigenvalue weighted by Gasteiger charge is 2.14. The van der Waals surface area contributed by atoms with Crippen molar-refractivity contribution in [2.24, 2.45) is 0 Å². The van der Waals surface area contributed by atoms with Crippen molar-refractivity contribution in [2.75, 3.05) is 13.6 Å². The number of thiocarbonyl (C=S) groups is 1. The summed E-state index contributed by atoms with van der Waals surface area (Å²) in [7, 11) is 1.77. The molecule has 0 aromatic carbocycles. The minimum absolute atomic E-state index is 0.0581. The molecule has 0 unspecified atom stereocenters. The lowest BCUT2D eigenvalue weighted by Gasteiger charge is -2.25. The van der Waals surface area contributed by atoms with Gasteiger partial charge in [0.2, 0.25) is 5.91 Å². The molecule has 1 rings (SSSR count). The van der Waals surface area contributed by atoms with Crippen LogP contribution in [0.5, 0.6) is 0 Å². The lowest BCUT2D eigenvalue weighted by Crippen LogP contribution is -2.41. The van der Waals surface area contributed by atoms with E-state index in [9.17, 15) is 4.79 Å². The Hall–Kier alpha value is -0.640.